The summed E-state index contributed by atoms with van der Waals surface area (Å²) in [6.07, 6.45) is -3.55. The summed E-state index contributed by atoms with van der Waals surface area (Å²) in [5.74, 6) is -2.20. The first-order valence-electron chi connectivity index (χ1n) is 9.74. The van der Waals surface area contributed by atoms with Gasteiger partial charge in [-0.25, -0.2) is 4.39 Å². The summed E-state index contributed by atoms with van der Waals surface area (Å²) in [5.41, 5.74) is 2.96. The molecule has 12 heteroatoms. The largest absolute Gasteiger partial charge is 0.573 e. The second-order valence-electron chi connectivity index (χ2n) is 7.36. The summed E-state index contributed by atoms with van der Waals surface area (Å²) in [5, 5.41) is 16.0. The first kappa shape index (κ1) is 22.2. The highest BCUT2D eigenvalue weighted by Crippen LogP contribution is 2.26. The van der Waals surface area contributed by atoms with Gasteiger partial charge in [0.05, 0.1) is 30.4 Å². The van der Waals surface area contributed by atoms with Gasteiger partial charge in [0.25, 0.3) is 0 Å². The van der Waals surface area contributed by atoms with Crippen LogP contribution >= 0.6 is 0 Å². The fourth-order valence-electron chi connectivity index (χ4n) is 3.41. The smallest absolute Gasteiger partial charge is 0.403 e. The van der Waals surface area contributed by atoms with E-state index < -0.39 is 17.9 Å². The van der Waals surface area contributed by atoms with Gasteiger partial charge in [-0.2, -0.15) is 15.0 Å². The number of alkyl halides is 3. The van der Waals surface area contributed by atoms with Crippen molar-refractivity contribution in [2.24, 2.45) is 7.05 Å². The van der Waals surface area contributed by atoms with E-state index in [0.29, 0.717) is 5.56 Å². The Morgan fingerprint density at radius 2 is 1.88 bits per heavy atom. The van der Waals surface area contributed by atoms with Crippen LogP contribution in [0.2, 0.25) is 0 Å². The lowest BCUT2D eigenvalue weighted by molar-refractivity contribution is -0.275. The zero-order valence-electron chi connectivity index (χ0n) is 17.5. The minimum Gasteiger partial charge on any atom is -0.403 e. The molecular weight excluding hydrogens is 444 g/mol. The molecule has 4 rings (SSSR count). The number of benzene rings is 2. The normalized spacial score (nSPS) is 11.7. The first-order valence-corrected chi connectivity index (χ1v) is 9.74. The molecule has 0 saturated heterocycles. The van der Waals surface area contributed by atoms with Crippen LogP contribution in [0.5, 0.6) is 5.75 Å². The number of aromatic nitrogens is 5. The van der Waals surface area contributed by atoms with Gasteiger partial charge < -0.3 is 10.1 Å². The molecule has 0 aliphatic carbocycles. The van der Waals surface area contributed by atoms with E-state index in [9.17, 15) is 22.4 Å². The molecule has 8 nitrogen and oxygen atoms in total. The third-order valence-electron chi connectivity index (χ3n) is 4.81. The maximum Gasteiger partial charge on any atom is 0.573 e. The number of aryl methyl sites for hydroxylation is 2. The van der Waals surface area contributed by atoms with Crippen molar-refractivity contribution in [1.29, 1.82) is 0 Å². The number of carbonyl (C=O) groups excluding carboxylic acids is 1. The lowest BCUT2D eigenvalue weighted by Gasteiger charge is -2.10. The molecule has 0 aliphatic rings. The number of amides is 1. The molecule has 0 spiro atoms. The second kappa shape index (κ2) is 8.52. The second-order valence-corrected chi connectivity index (χ2v) is 7.36. The Kier molecular flexibility index (Phi) is 5.75. The molecule has 0 atom stereocenters. The molecule has 33 heavy (non-hydrogen) atoms. The van der Waals surface area contributed by atoms with Gasteiger partial charge in [-0.15, -0.1) is 18.3 Å². The topological polar surface area (TPSA) is 86.9 Å². The highest BCUT2D eigenvalue weighted by molar-refractivity contribution is 5.92. The highest BCUT2D eigenvalue weighted by atomic mass is 19.4. The number of ether oxygens (including phenoxy) is 1. The van der Waals surface area contributed by atoms with E-state index in [2.05, 4.69) is 25.3 Å². The van der Waals surface area contributed by atoms with Gasteiger partial charge in [0.15, 0.2) is 17.4 Å². The van der Waals surface area contributed by atoms with Gasteiger partial charge in [0.1, 0.15) is 0 Å². The van der Waals surface area contributed by atoms with Crippen LogP contribution in [0.1, 0.15) is 16.8 Å². The van der Waals surface area contributed by atoms with E-state index in [4.69, 9.17) is 0 Å². The molecule has 4 aromatic rings. The lowest BCUT2D eigenvalue weighted by atomic mass is 10.1. The fraction of sp³-hybridized carbons (Fsp3) is 0.238. The maximum absolute atomic E-state index is 13.9. The zero-order chi connectivity index (χ0) is 23.8. The molecule has 1 N–H and O–H groups in total. The van der Waals surface area contributed by atoms with Gasteiger partial charge in [0.2, 0.25) is 5.91 Å². The number of anilines is 1. The van der Waals surface area contributed by atoms with E-state index in [0.717, 1.165) is 34.3 Å². The number of nitrogens with zero attached hydrogens (tertiary/aromatic N) is 5. The summed E-state index contributed by atoms with van der Waals surface area (Å²) in [7, 11) is 1.85. The molecule has 0 bridgehead atoms. The molecule has 1 amide bonds. The van der Waals surface area contributed by atoms with Crippen molar-refractivity contribution in [3.8, 4) is 5.75 Å². The van der Waals surface area contributed by atoms with Crippen LogP contribution in [0.3, 0.4) is 0 Å². The molecule has 0 unspecified atom stereocenters. The molecule has 2 aromatic heterocycles. The van der Waals surface area contributed by atoms with Crippen molar-refractivity contribution in [3.05, 3.63) is 65.2 Å². The molecule has 0 saturated carbocycles. The van der Waals surface area contributed by atoms with Crippen LogP contribution in [0.4, 0.5) is 23.4 Å². The molecule has 0 radical (unpaired) electrons. The maximum atomic E-state index is 13.9. The van der Waals surface area contributed by atoms with E-state index in [1.807, 2.05) is 32.2 Å². The summed E-state index contributed by atoms with van der Waals surface area (Å²) in [4.78, 5) is 13.6. The summed E-state index contributed by atoms with van der Waals surface area (Å²) < 4.78 is 56.0. The third-order valence-corrected chi connectivity index (χ3v) is 4.81. The van der Waals surface area contributed by atoms with Crippen molar-refractivity contribution in [1.82, 2.24) is 24.8 Å². The molecule has 172 valence electrons. The molecule has 2 heterocycles. The molecule has 0 aliphatic heterocycles. The molecule has 0 fully saturated rings. The SMILES string of the molecule is Cc1nn(C)c2ccc(CC(=O)Nc3cnn(Cc4ccc(OC(F)(F)F)c(F)c4)n3)cc12. The van der Waals surface area contributed by atoms with Gasteiger partial charge in [0, 0.05) is 12.4 Å². The summed E-state index contributed by atoms with van der Waals surface area (Å²) in [6, 6.07) is 8.71. The average Bonchev–Trinajstić information content (AvgIpc) is 3.26. The number of nitrogens with one attached hydrogen (secondary N) is 1. The van der Waals surface area contributed by atoms with Gasteiger partial charge in [-0.3, -0.25) is 9.48 Å². The van der Waals surface area contributed by atoms with Crippen molar-refractivity contribution in [3.63, 3.8) is 0 Å². The predicted molar refractivity (Wildman–Crippen MR) is 110 cm³/mol. The van der Waals surface area contributed by atoms with E-state index in [-0.39, 0.29) is 24.7 Å². The Labute approximate surface area is 184 Å². The van der Waals surface area contributed by atoms with Crippen LogP contribution in [0.25, 0.3) is 10.9 Å². The van der Waals surface area contributed by atoms with E-state index >= 15 is 0 Å². The number of carbonyl (C=O) groups is 1. The quantitative estimate of drug-likeness (QED) is 0.441. The summed E-state index contributed by atoms with van der Waals surface area (Å²) >= 11 is 0. The first-order chi connectivity index (χ1) is 15.6. The standard InChI is InChI=1S/C21H18F4N6O2/c1-12-15-7-13(3-5-17(15)30(2)28-12)9-20(32)27-19-10-26-31(29-19)11-14-4-6-18(16(22)8-14)33-21(23,24)25/h3-8,10H,9,11H2,1-2H3,(H,27,29,32). The lowest BCUT2D eigenvalue weighted by Crippen LogP contribution is -2.18. The van der Waals surface area contributed by atoms with Gasteiger partial charge in [-0.1, -0.05) is 12.1 Å². The number of fused-ring (bicyclic) bond motifs is 1. The minimum absolute atomic E-state index is 0.0178. The Bertz CT molecular complexity index is 1330. The minimum atomic E-state index is -4.98. The number of hydrogen-bond acceptors (Lipinski definition) is 5. The van der Waals surface area contributed by atoms with E-state index in [1.165, 1.54) is 17.1 Å². The Morgan fingerprint density at radius 3 is 2.61 bits per heavy atom. The average molecular weight is 462 g/mol. The van der Waals surface area contributed by atoms with Crippen molar-refractivity contribution >= 4 is 22.6 Å². The van der Waals surface area contributed by atoms with Crippen LogP contribution in [-0.2, 0) is 24.8 Å². The predicted octanol–water partition coefficient (Wildman–Crippen LogP) is 3.74. The van der Waals surface area contributed by atoms with Crippen LogP contribution < -0.4 is 10.1 Å². The van der Waals surface area contributed by atoms with Crippen molar-refractivity contribution < 1.29 is 27.1 Å². The third kappa shape index (κ3) is 5.27. The monoisotopic (exact) mass is 462 g/mol. The number of hydrogen-bond donors (Lipinski definition) is 1. The van der Waals surface area contributed by atoms with Gasteiger partial charge >= 0.3 is 6.36 Å². The van der Waals surface area contributed by atoms with Crippen LogP contribution in [-0.4, -0.2) is 37.0 Å². The Hall–Kier alpha value is -3.96. The van der Waals surface area contributed by atoms with Crippen molar-refractivity contribution in [2.75, 3.05) is 5.32 Å². The Morgan fingerprint density at radius 1 is 1.12 bits per heavy atom. The number of rotatable bonds is 6. The zero-order valence-corrected chi connectivity index (χ0v) is 17.5. The fourth-order valence-corrected chi connectivity index (χ4v) is 3.41. The Balaban J connectivity index is 1.38. The van der Waals surface area contributed by atoms with Crippen molar-refractivity contribution in [2.45, 2.75) is 26.3 Å². The van der Waals surface area contributed by atoms with Gasteiger partial charge in [-0.05, 0) is 42.3 Å². The number of halogens is 4. The van der Waals surface area contributed by atoms with Crippen LogP contribution in [0, 0.1) is 12.7 Å². The summed E-state index contributed by atoms with van der Waals surface area (Å²) in [6.45, 7) is 1.88. The highest BCUT2D eigenvalue weighted by Gasteiger charge is 2.32. The van der Waals surface area contributed by atoms with E-state index in [1.54, 1.807) is 4.68 Å². The molecule has 2 aromatic carbocycles. The molecular formula is C21H18F4N6O2. The van der Waals surface area contributed by atoms with Crippen LogP contribution in [0.15, 0.2) is 42.6 Å².